The molecular formula is C36H18I4O22. The van der Waals surface area contributed by atoms with E-state index < -0.39 is 164 Å². The van der Waals surface area contributed by atoms with E-state index in [0.717, 1.165) is 0 Å². The van der Waals surface area contributed by atoms with Crippen LogP contribution in [0.2, 0.25) is 0 Å². The minimum absolute atomic E-state index is 0.0470. The Morgan fingerprint density at radius 2 is 0.565 bits per heavy atom. The van der Waals surface area contributed by atoms with Crippen LogP contribution in [0, 0.1) is 14.3 Å². The number of halogens is 4. The topological polar surface area (TPSA) is 417 Å². The highest BCUT2D eigenvalue weighted by Gasteiger charge is 2.39. The van der Waals surface area contributed by atoms with Crippen LogP contribution in [-0.4, -0.2) is 91.9 Å². The SMILES string of the molecule is Oc1oc2c(-c3c(I)c(I)c(-c4c5c(O)c(O)c(O)c(O)c5c(-c5c(O)c(O)c6c(O)c(O)c(O)c(O)c6c5O)c5c(O)c(O)c(O)c(O)c45)c(I)c3I)oooc-2c(O)c1O. The van der Waals surface area contributed by atoms with Crippen LogP contribution >= 0.6 is 90.4 Å². The monoisotopic (exact) mass is 1310 g/mol. The summed E-state index contributed by atoms with van der Waals surface area (Å²) in [6.45, 7) is 0. The first-order valence-corrected chi connectivity index (χ1v) is 20.5. The van der Waals surface area contributed by atoms with Gasteiger partial charge in [0.15, 0.2) is 46.0 Å². The minimum Gasteiger partial charge on any atom is -0.506 e. The van der Waals surface area contributed by atoms with Crippen molar-refractivity contribution in [3.8, 4) is 149 Å². The first-order chi connectivity index (χ1) is 29.0. The molecule has 6 aromatic rings. The predicted molar refractivity (Wildman–Crippen MR) is 239 cm³/mol. The fourth-order valence-electron chi connectivity index (χ4n) is 7.05. The van der Waals surface area contributed by atoms with E-state index in [0.29, 0.717) is 0 Å². The van der Waals surface area contributed by atoms with Crippen LogP contribution in [0.4, 0.5) is 0 Å². The van der Waals surface area contributed by atoms with Crippen molar-refractivity contribution in [1.29, 1.82) is 0 Å². The van der Waals surface area contributed by atoms with Crippen molar-refractivity contribution in [2.24, 2.45) is 0 Å². The molecule has 2 aliphatic rings. The van der Waals surface area contributed by atoms with Gasteiger partial charge in [-0.3, -0.25) is 0 Å². The third-order valence-electron chi connectivity index (χ3n) is 9.84. The lowest BCUT2D eigenvalue weighted by Gasteiger charge is -2.25. The Bertz CT molecular complexity index is 3280. The Kier molecular flexibility index (Phi) is 9.73. The Morgan fingerprint density at radius 3 is 0.984 bits per heavy atom. The van der Waals surface area contributed by atoms with Crippen molar-refractivity contribution in [1.82, 2.24) is 0 Å². The summed E-state index contributed by atoms with van der Waals surface area (Å²) in [7, 11) is 0. The van der Waals surface area contributed by atoms with Crippen LogP contribution in [-0.2, 0) is 0 Å². The summed E-state index contributed by atoms with van der Waals surface area (Å²) in [5.74, 6) is -26.4. The Hall–Kier alpha value is -6.16. The van der Waals surface area contributed by atoms with E-state index >= 15 is 0 Å². The second kappa shape index (κ2) is 14.2. The van der Waals surface area contributed by atoms with E-state index in [1.807, 2.05) is 0 Å². The molecule has 322 valence electrons. The van der Waals surface area contributed by atoms with Crippen molar-refractivity contribution < 1.29 is 110 Å². The van der Waals surface area contributed by atoms with E-state index in [9.17, 15) is 91.9 Å². The van der Waals surface area contributed by atoms with Gasteiger partial charge in [-0.1, -0.05) is 4.74 Å². The molecule has 0 amide bonds. The maximum Gasteiger partial charge on any atom is 0.330 e. The molecule has 0 radical (unpaired) electrons. The van der Waals surface area contributed by atoms with Crippen molar-refractivity contribution in [2.75, 3.05) is 0 Å². The molecule has 0 aromatic heterocycles. The second-order valence-corrected chi connectivity index (χ2v) is 17.3. The van der Waals surface area contributed by atoms with Gasteiger partial charge in [0.2, 0.25) is 57.5 Å². The van der Waals surface area contributed by atoms with E-state index in [4.69, 9.17) is 18.3 Å². The average Bonchev–Trinajstić information content (AvgIpc) is 3.24. The van der Waals surface area contributed by atoms with E-state index in [-0.39, 0.29) is 31.2 Å². The van der Waals surface area contributed by atoms with Gasteiger partial charge < -0.3 is 96.3 Å². The van der Waals surface area contributed by atoms with Crippen molar-refractivity contribution >= 4 is 123 Å². The van der Waals surface area contributed by atoms with Crippen LogP contribution < -0.4 is 0 Å². The summed E-state index contributed by atoms with van der Waals surface area (Å²) >= 11 is 7.01. The molecule has 2 heterocycles. The van der Waals surface area contributed by atoms with Crippen LogP contribution in [0.5, 0.6) is 104 Å². The molecule has 0 aliphatic carbocycles. The lowest BCUT2D eigenvalue weighted by atomic mass is 9.82. The molecule has 62 heavy (non-hydrogen) atoms. The number of aromatic hydroxyl groups is 18. The van der Waals surface area contributed by atoms with Gasteiger partial charge in [0.1, 0.15) is 5.75 Å². The molecule has 8 rings (SSSR count). The molecule has 22 nitrogen and oxygen atoms in total. The summed E-state index contributed by atoms with van der Waals surface area (Å²) in [6, 6.07) is 0. The molecule has 2 aliphatic heterocycles. The zero-order chi connectivity index (χ0) is 45.6. The van der Waals surface area contributed by atoms with Crippen LogP contribution in [0.1, 0.15) is 0 Å². The summed E-state index contributed by atoms with van der Waals surface area (Å²) in [5.41, 5.74) is -2.92. The standard InChI is InChI=1S/C36H18I4O22/c37-12-7(13(38)15(40)11(14(12)39)33-35-34(61-62-60-33)31(56)32(57)36(58)59-35)1-3-5(19(44)27(52)25(50)17(3)42)2(6-4(1)18(43)26(51)28(53)20(6)45)8-16(41)9-10(22(47)21(8)46)24(49)30(55)29(54)23(9)48/h41-58H. The first kappa shape index (κ1) is 42.5. The second-order valence-electron chi connectivity index (χ2n) is 12.9. The highest BCUT2D eigenvalue weighted by molar-refractivity contribution is 14.1. The molecule has 0 atom stereocenters. The third-order valence-corrected chi connectivity index (χ3v) is 16.2. The normalized spacial score (nSPS) is 11.7. The molecule has 26 heteroatoms. The average molecular weight is 1310 g/mol. The van der Waals surface area contributed by atoms with Gasteiger partial charge in [-0.25, -0.2) is 9.15 Å². The van der Waals surface area contributed by atoms with Crippen molar-refractivity contribution in [3.63, 3.8) is 0 Å². The molecule has 0 saturated carbocycles. The van der Waals surface area contributed by atoms with Gasteiger partial charge in [-0.15, -0.1) is 0 Å². The maximum atomic E-state index is 11.8. The first-order valence-electron chi connectivity index (χ1n) is 16.2. The van der Waals surface area contributed by atoms with Crippen LogP contribution in [0.25, 0.3) is 77.4 Å². The summed E-state index contributed by atoms with van der Waals surface area (Å²) < 4.78 is 20.4. The summed E-state index contributed by atoms with van der Waals surface area (Å²) in [4.78, 5) is 0. The molecule has 0 saturated heterocycles. The van der Waals surface area contributed by atoms with E-state index in [1.54, 1.807) is 90.4 Å². The zero-order valence-corrected chi connectivity index (χ0v) is 37.8. The number of phenols is 15. The number of hydrogen-bond donors (Lipinski definition) is 18. The number of hydrogen-bond acceptors (Lipinski definition) is 22. The molecule has 0 fully saturated rings. The fraction of sp³-hybridized carbons (Fsp3) is 0. The van der Waals surface area contributed by atoms with Gasteiger partial charge in [-0.2, -0.15) is 0 Å². The predicted octanol–water partition coefficient (Wildman–Crippen LogP) is 7.87. The molecule has 0 bridgehead atoms. The van der Waals surface area contributed by atoms with Crippen molar-refractivity contribution in [2.45, 2.75) is 0 Å². The van der Waals surface area contributed by atoms with Crippen molar-refractivity contribution in [3.05, 3.63) is 14.3 Å². The maximum absolute atomic E-state index is 11.8. The lowest BCUT2D eigenvalue weighted by molar-refractivity contribution is -0.178. The number of fused-ring (bicyclic) bond motifs is 4. The van der Waals surface area contributed by atoms with Gasteiger partial charge in [0.05, 0.1) is 21.9 Å². The molecule has 0 spiro atoms. The summed E-state index contributed by atoms with van der Waals surface area (Å²) in [5, 5.41) is 192. The highest BCUT2D eigenvalue weighted by Crippen LogP contribution is 2.67. The van der Waals surface area contributed by atoms with E-state index in [1.165, 1.54) is 0 Å². The van der Waals surface area contributed by atoms with Gasteiger partial charge in [-0.05, 0) is 90.4 Å². The number of benzene rings is 6. The molecule has 18 N–H and O–H groups in total. The minimum atomic E-state index is -1.52. The molecular weight excluding hydrogens is 1290 g/mol. The smallest absolute Gasteiger partial charge is 0.330 e. The quantitative estimate of drug-likeness (QED) is 0.0200. The molecule has 6 aromatic carbocycles. The largest absolute Gasteiger partial charge is 0.506 e. The number of rotatable bonds is 3. The zero-order valence-electron chi connectivity index (χ0n) is 29.2. The van der Waals surface area contributed by atoms with Crippen LogP contribution in [0.3, 0.4) is 0 Å². The molecule has 0 unspecified atom stereocenters. The summed E-state index contributed by atoms with van der Waals surface area (Å²) in [6.07, 6.45) is 0. The van der Waals surface area contributed by atoms with E-state index in [2.05, 4.69) is 0 Å². The number of phenolic OH excluding ortho intramolecular Hbond substituents is 15. The fourth-order valence-corrected chi connectivity index (χ4v) is 11.3. The Morgan fingerprint density at radius 1 is 0.242 bits per heavy atom. The lowest BCUT2D eigenvalue weighted by Crippen LogP contribution is -2.03. The van der Waals surface area contributed by atoms with Gasteiger partial charge in [0, 0.05) is 52.5 Å². The van der Waals surface area contributed by atoms with Crippen LogP contribution in [0.15, 0.2) is 18.3 Å². The third kappa shape index (κ3) is 5.34. The highest BCUT2D eigenvalue weighted by atomic mass is 127. The Labute approximate surface area is 392 Å². The van der Waals surface area contributed by atoms with Gasteiger partial charge in [0.25, 0.3) is 5.76 Å². The van der Waals surface area contributed by atoms with Gasteiger partial charge >= 0.3 is 5.95 Å². The Balaban J connectivity index is 1.66.